The fourth-order valence-corrected chi connectivity index (χ4v) is 3.08. The second kappa shape index (κ2) is 9.39. The fraction of sp³-hybridized carbons (Fsp3) is 0.353. The first kappa shape index (κ1) is 19.3. The topological polar surface area (TPSA) is 58.6 Å². The van der Waals surface area contributed by atoms with Crippen LogP contribution in [0.5, 0.6) is 0 Å². The van der Waals surface area contributed by atoms with Crippen molar-refractivity contribution in [2.45, 2.75) is 24.3 Å². The highest BCUT2D eigenvalue weighted by molar-refractivity contribution is 7.83. The van der Waals surface area contributed by atoms with Gasteiger partial charge in [0, 0.05) is 13.1 Å². The van der Waals surface area contributed by atoms with Crippen LogP contribution in [0.2, 0.25) is 0 Å². The highest BCUT2D eigenvalue weighted by Crippen LogP contribution is 2.17. The van der Waals surface area contributed by atoms with Gasteiger partial charge in [-0.3, -0.25) is 9.63 Å². The summed E-state index contributed by atoms with van der Waals surface area (Å²) in [6, 6.07) is 6.90. The first-order valence-electron chi connectivity index (χ1n) is 7.24. The molecule has 1 rings (SSSR count). The maximum Gasteiger partial charge on any atom is 0.251 e. The molecule has 0 spiro atoms. The molecule has 126 valence electrons. The van der Waals surface area contributed by atoms with Crippen molar-refractivity contribution in [1.82, 2.24) is 9.79 Å². The minimum absolute atomic E-state index is 0.231. The summed E-state index contributed by atoms with van der Waals surface area (Å²) >= 11 is 0. The first-order chi connectivity index (χ1) is 10.9. The molecule has 0 saturated heterocycles. The lowest BCUT2D eigenvalue weighted by atomic mass is 9.96. The zero-order chi connectivity index (χ0) is 17.4. The van der Waals surface area contributed by atoms with Crippen molar-refractivity contribution in [3.63, 3.8) is 0 Å². The van der Waals surface area contributed by atoms with Gasteiger partial charge in [-0.15, -0.1) is 13.2 Å². The van der Waals surface area contributed by atoms with E-state index in [0.29, 0.717) is 11.3 Å². The first-order valence-corrected chi connectivity index (χ1v) is 8.39. The lowest BCUT2D eigenvalue weighted by Gasteiger charge is -2.26. The van der Waals surface area contributed by atoms with Crippen molar-refractivity contribution >= 4 is 16.9 Å². The molecular formula is C17H24N2O3S. The summed E-state index contributed by atoms with van der Waals surface area (Å²) in [5.74, 6) is -0.727. The molecule has 5 nitrogen and oxygen atoms in total. The number of hydrogen-bond donors (Lipinski definition) is 1. The van der Waals surface area contributed by atoms with Crippen LogP contribution in [0.4, 0.5) is 0 Å². The SMILES string of the molecule is C=CC[C@H](C(=O)N(C)OC)[C@H](C=C)N[S@@](=O)c1ccc(C)cc1. The van der Waals surface area contributed by atoms with Crippen molar-refractivity contribution in [2.24, 2.45) is 5.92 Å². The number of benzene rings is 1. The Morgan fingerprint density at radius 1 is 1.39 bits per heavy atom. The second-order valence-corrected chi connectivity index (χ2v) is 6.35. The standard InChI is InChI=1S/C17H24N2O3S/c1-6-8-15(17(20)19(4)22-5)16(7-2)18-23(21)14-11-9-13(3)10-12-14/h6-7,9-12,15-16,18H,1-2,8H2,3-5H3/t15-,16-,23-/m0/s1. The molecule has 0 aliphatic heterocycles. The Morgan fingerprint density at radius 2 is 2.00 bits per heavy atom. The number of nitrogens with one attached hydrogen (secondary N) is 1. The molecule has 0 heterocycles. The number of amides is 1. The minimum Gasteiger partial charge on any atom is -0.275 e. The zero-order valence-electron chi connectivity index (χ0n) is 13.8. The van der Waals surface area contributed by atoms with E-state index < -0.39 is 22.9 Å². The van der Waals surface area contributed by atoms with Crippen LogP contribution in [0.1, 0.15) is 12.0 Å². The molecule has 1 N–H and O–H groups in total. The third-order valence-corrected chi connectivity index (χ3v) is 4.67. The molecular weight excluding hydrogens is 312 g/mol. The fourth-order valence-electron chi connectivity index (χ4n) is 2.05. The van der Waals surface area contributed by atoms with Gasteiger partial charge in [-0.25, -0.2) is 14.0 Å². The Bertz CT molecular complexity index is 572. The van der Waals surface area contributed by atoms with E-state index in [-0.39, 0.29) is 5.91 Å². The van der Waals surface area contributed by atoms with E-state index in [1.54, 1.807) is 24.3 Å². The molecule has 1 amide bonds. The number of aryl methyl sites for hydroxylation is 1. The van der Waals surface area contributed by atoms with Crippen LogP contribution in [-0.4, -0.2) is 35.4 Å². The summed E-state index contributed by atoms with van der Waals surface area (Å²) < 4.78 is 15.4. The van der Waals surface area contributed by atoms with Gasteiger partial charge < -0.3 is 0 Å². The molecule has 23 heavy (non-hydrogen) atoms. The van der Waals surface area contributed by atoms with E-state index in [0.717, 1.165) is 10.6 Å². The van der Waals surface area contributed by atoms with Crippen molar-refractivity contribution in [1.29, 1.82) is 0 Å². The molecule has 6 heteroatoms. The van der Waals surface area contributed by atoms with Gasteiger partial charge in [-0.1, -0.05) is 29.8 Å². The highest BCUT2D eigenvalue weighted by Gasteiger charge is 2.29. The van der Waals surface area contributed by atoms with Gasteiger partial charge in [-0.2, -0.15) is 0 Å². The van der Waals surface area contributed by atoms with Gasteiger partial charge in [-0.05, 0) is 25.5 Å². The summed E-state index contributed by atoms with van der Waals surface area (Å²) in [6.07, 6.45) is 3.65. The Balaban J connectivity index is 2.92. The van der Waals surface area contributed by atoms with Gasteiger partial charge in [0.05, 0.1) is 17.9 Å². The third-order valence-electron chi connectivity index (χ3n) is 3.49. The van der Waals surface area contributed by atoms with E-state index in [4.69, 9.17) is 4.84 Å². The average molecular weight is 336 g/mol. The summed E-state index contributed by atoms with van der Waals surface area (Å²) in [5.41, 5.74) is 1.09. The van der Waals surface area contributed by atoms with Crippen LogP contribution < -0.4 is 4.72 Å². The van der Waals surface area contributed by atoms with Gasteiger partial charge in [0.15, 0.2) is 0 Å². The van der Waals surface area contributed by atoms with Crippen molar-refractivity contribution < 1.29 is 13.8 Å². The molecule has 0 aromatic heterocycles. The number of carbonyl (C=O) groups excluding carboxylic acids is 1. The molecule has 0 aliphatic rings. The number of nitrogens with zero attached hydrogens (tertiary/aromatic N) is 1. The van der Waals surface area contributed by atoms with E-state index in [2.05, 4.69) is 17.9 Å². The molecule has 0 fully saturated rings. The Hall–Kier alpha value is -1.76. The molecule has 3 atom stereocenters. The zero-order valence-corrected chi connectivity index (χ0v) is 14.6. The summed E-state index contributed by atoms with van der Waals surface area (Å²) in [4.78, 5) is 18.0. The van der Waals surface area contributed by atoms with Crippen molar-refractivity contribution in [3.8, 4) is 0 Å². The number of allylic oxidation sites excluding steroid dienone is 1. The molecule has 0 unspecified atom stereocenters. The van der Waals surface area contributed by atoms with Crippen LogP contribution in [0.3, 0.4) is 0 Å². The normalized spacial score (nSPS) is 14.6. The predicted molar refractivity (Wildman–Crippen MR) is 92.8 cm³/mol. The van der Waals surface area contributed by atoms with Crippen molar-refractivity contribution in [2.75, 3.05) is 14.2 Å². The molecule has 1 aromatic carbocycles. The van der Waals surface area contributed by atoms with Crippen LogP contribution in [-0.2, 0) is 20.6 Å². The monoisotopic (exact) mass is 336 g/mol. The molecule has 1 aromatic rings. The molecule has 0 bridgehead atoms. The second-order valence-electron chi connectivity index (χ2n) is 5.11. The van der Waals surface area contributed by atoms with E-state index in [9.17, 15) is 9.00 Å². The predicted octanol–water partition coefficient (Wildman–Crippen LogP) is 2.37. The average Bonchev–Trinajstić information content (AvgIpc) is 2.56. The number of hydrogen-bond acceptors (Lipinski definition) is 3. The van der Waals surface area contributed by atoms with E-state index >= 15 is 0 Å². The quantitative estimate of drug-likeness (QED) is 0.556. The van der Waals surface area contributed by atoms with E-state index in [1.807, 2.05) is 19.1 Å². The lowest BCUT2D eigenvalue weighted by molar-refractivity contribution is -0.173. The van der Waals surface area contributed by atoms with Gasteiger partial charge in [0.1, 0.15) is 11.0 Å². The number of carbonyl (C=O) groups is 1. The third kappa shape index (κ3) is 5.42. The lowest BCUT2D eigenvalue weighted by Crippen LogP contribution is -2.44. The summed E-state index contributed by atoms with van der Waals surface area (Å²) in [7, 11) is 1.51. The van der Waals surface area contributed by atoms with Gasteiger partial charge >= 0.3 is 0 Å². The van der Waals surface area contributed by atoms with Gasteiger partial charge in [0.25, 0.3) is 5.91 Å². The largest absolute Gasteiger partial charge is 0.275 e. The number of rotatable bonds is 9. The Labute approximate surface area is 140 Å². The smallest absolute Gasteiger partial charge is 0.251 e. The maximum atomic E-state index is 12.5. The van der Waals surface area contributed by atoms with Crippen molar-refractivity contribution in [3.05, 3.63) is 55.1 Å². The summed E-state index contributed by atoms with van der Waals surface area (Å²) in [6.45, 7) is 9.40. The summed E-state index contributed by atoms with van der Waals surface area (Å²) in [5, 5.41) is 1.15. The molecule has 0 radical (unpaired) electrons. The van der Waals surface area contributed by atoms with Crippen LogP contribution in [0.15, 0.2) is 54.5 Å². The highest BCUT2D eigenvalue weighted by atomic mass is 32.2. The number of hydroxylamine groups is 2. The van der Waals surface area contributed by atoms with E-state index in [1.165, 1.54) is 14.2 Å². The molecule has 0 aliphatic carbocycles. The Kier molecular flexibility index (Phi) is 7.88. The van der Waals surface area contributed by atoms with Crippen LogP contribution in [0.25, 0.3) is 0 Å². The van der Waals surface area contributed by atoms with Crippen LogP contribution >= 0.6 is 0 Å². The molecule has 0 saturated carbocycles. The maximum absolute atomic E-state index is 12.5. The minimum atomic E-state index is -1.44. The Morgan fingerprint density at radius 3 is 2.48 bits per heavy atom. The van der Waals surface area contributed by atoms with Crippen LogP contribution in [0, 0.1) is 12.8 Å². The van der Waals surface area contributed by atoms with Gasteiger partial charge in [0.2, 0.25) is 0 Å².